The van der Waals surface area contributed by atoms with Gasteiger partial charge in [-0.25, -0.2) is 4.98 Å². The SMILES string of the molecule is COc1ccc(CCc2cnc3c(N)nc4cc(/C=C(\N)P=O)ccc4c3c2)c(C)c1. The second-order valence-electron chi connectivity index (χ2n) is 7.47. The van der Waals surface area contributed by atoms with E-state index in [1.807, 2.05) is 30.5 Å². The molecule has 0 aliphatic rings. The highest BCUT2D eigenvalue weighted by Gasteiger charge is 2.10. The van der Waals surface area contributed by atoms with Gasteiger partial charge in [-0.3, -0.25) is 9.55 Å². The minimum Gasteiger partial charge on any atom is -0.497 e. The molecule has 2 aromatic carbocycles. The predicted molar refractivity (Wildman–Crippen MR) is 126 cm³/mol. The summed E-state index contributed by atoms with van der Waals surface area (Å²) in [5.41, 5.74) is 18.0. The van der Waals surface area contributed by atoms with Crippen molar-refractivity contribution in [3.8, 4) is 5.75 Å². The number of ether oxygens (including phenoxy) is 1. The number of fused-ring (bicyclic) bond motifs is 3. The van der Waals surface area contributed by atoms with Crippen LogP contribution in [0.15, 0.2) is 54.1 Å². The zero-order valence-corrected chi connectivity index (χ0v) is 18.3. The number of rotatable bonds is 6. The van der Waals surface area contributed by atoms with E-state index in [4.69, 9.17) is 16.2 Å². The molecule has 0 saturated heterocycles. The van der Waals surface area contributed by atoms with Gasteiger partial charge in [-0.1, -0.05) is 18.2 Å². The number of nitrogen functional groups attached to an aromatic ring is 1. The van der Waals surface area contributed by atoms with Gasteiger partial charge >= 0.3 is 0 Å². The normalized spacial score (nSPS) is 12.0. The Labute approximate surface area is 182 Å². The fraction of sp³-hybridized carbons (Fsp3) is 0.167. The first-order valence-corrected chi connectivity index (χ1v) is 10.7. The standard InChI is InChI=1S/C24H23N4O2P/c1-14-9-18(30-2)7-6-17(14)5-3-16-10-20-19-8-4-15(12-22(25)31-29)11-21(19)28-24(26)23(20)27-13-16/h4,6-13H,3,5,25H2,1-2H3,(H2,26,28)/b22-12+. The Hall–Kier alpha value is -3.50. The Kier molecular flexibility index (Phi) is 5.83. The summed E-state index contributed by atoms with van der Waals surface area (Å²) in [7, 11) is 1.47. The summed E-state index contributed by atoms with van der Waals surface area (Å²) in [6.45, 7) is 2.10. The summed E-state index contributed by atoms with van der Waals surface area (Å²) in [4.78, 5) is 9.10. The van der Waals surface area contributed by atoms with Crippen molar-refractivity contribution in [3.05, 3.63) is 76.4 Å². The van der Waals surface area contributed by atoms with Crippen LogP contribution in [0.4, 0.5) is 5.82 Å². The van der Waals surface area contributed by atoms with Crippen molar-refractivity contribution < 1.29 is 9.30 Å². The maximum atomic E-state index is 10.9. The Morgan fingerprint density at radius 3 is 2.71 bits per heavy atom. The van der Waals surface area contributed by atoms with E-state index in [1.165, 1.54) is 11.1 Å². The zero-order chi connectivity index (χ0) is 22.0. The van der Waals surface area contributed by atoms with Gasteiger partial charge in [0.2, 0.25) is 8.46 Å². The maximum absolute atomic E-state index is 10.9. The Balaban J connectivity index is 1.70. The van der Waals surface area contributed by atoms with Crippen molar-refractivity contribution >= 4 is 42.2 Å². The lowest BCUT2D eigenvalue weighted by Crippen LogP contribution is -1.99. The van der Waals surface area contributed by atoms with E-state index in [1.54, 1.807) is 13.2 Å². The smallest absolute Gasteiger partial charge is 0.209 e. The molecule has 0 unspecified atom stereocenters. The monoisotopic (exact) mass is 430 g/mol. The van der Waals surface area contributed by atoms with Crippen LogP contribution in [0, 0.1) is 6.92 Å². The van der Waals surface area contributed by atoms with Crippen molar-refractivity contribution in [2.24, 2.45) is 5.73 Å². The molecule has 0 radical (unpaired) electrons. The van der Waals surface area contributed by atoms with Gasteiger partial charge in [-0.15, -0.1) is 0 Å². The van der Waals surface area contributed by atoms with Gasteiger partial charge in [-0.05, 0) is 72.4 Å². The fourth-order valence-corrected chi connectivity index (χ4v) is 3.95. The lowest BCUT2D eigenvalue weighted by Gasteiger charge is -2.10. The molecule has 2 heterocycles. The first kappa shape index (κ1) is 20.8. The molecule has 0 spiro atoms. The number of pyridine rings is 2. The third-order valence-corrected chi connectivity index (χ3v) is 5.73. The molecule has 0 saturated carbocycles. The number of aromatic nitrogens is 2. The minimum atomic E-state index is -0.203. The maximum Gasteiger partial charge on any atom is 0.209 e. The summed E-state index contributed by atoms with van der Waals surface area (Å²) >= 11 is 0. The molecule has 0 amide bonds. The number of anilines is 1. The number of methoxy groups -OCH3 is 1. The summed E-state index contributed by atoms with van der Waals surface area (Å²) in [5, 5.41) is 1.94. The molecule has 0 fully saturated rings. The second kappa shape index (κ2) is 8.70. The van der Waals surface area contributed by atoms with Crippen LogP contribution in [0.1, 0.15) is 22.3 Å². The van der Waals surface area contributed by atoms with Gasteiger partial charge in [0.25, 0.3) is 0 Å². The first-order chi connectivity index (χ1) is 15.0. The average Bonchev–Trinajstić information content (AvgIpc) is 2.78. The number of hydrogen-bond acceptors (Lipinski definition) is 6. The molecule has 31 heavy (non-hydrogen) atoms. The van der Waals surface area contributed by atoms with Gasteiger partial charge in [0.15, 0.2) is 5.82 Å². The Morgan fingerprint density at radius 1 is 1.13 bits per heavy atom. The lowest BCUT2D eigenvalue weighted by atomic mass is 9.99. The highest BCUT2D eigenvalue weighted by Crippen LogP contribution is 2.29. The number of hydrogen-bond donors (Lipinski definition) is 2. The van der Waals surface area contributed by atoms with E-state index < -0.39 is 0 Å². The minimum absolute atomic E-state index is 0.203. The Morgan fingerprint density at radius 2 is 1.97 bits per heavy atom. The first-order valence-electron chi connectivity index (χ1n) is 9.90. The molecule has 156 valence electrons. The van der Waals surface area contributed by atoms with Crippen LogP contribution >= 0.6 is 8.46 Å². The van der Waals surface area contributed by atoms with E-state index in [0.29, 0.717) is 11.3 Å². The van der Waals surface area contributed by atoms with E-state index in [2.05, 4.69) is 35.1 Å². The number of nitrogens with two attached hydrogens (primary N) is 2. The van der Waals surface area contributed by atoms with Crippen molar-refractivity contribution in [2.45, 2.75) is 19.8 Å². The van der Waals surface area contributed by atoms with Crippen molar-refractivity contribution in [1.82, 2.24) is 9.97 Å². The van der Waals surface area contributed by atoms with Crippen molar-refractivity contribution in [3.63, 3.8) is 0 Å². The number of nitrogens with zero attached hydrogens (tertiary/aromatic N) is 2. The molecule has 4 rings (SSSR count). The molecule has 0 aliphatic carbocycles. The van der Waals surface area contributed by atoms with E-state index in [9.17, 15) is 4.57 Å². The third kappa shape index (κ3) is 4.35. The summed E-state index contributed by atoms with van der Waals surface area (Å²) in [6.07, 6.45) is 5.29. The van der Waals surface area contributed by atoms with Crippen LogP contribution < -0.4 is 16.2 Å². The largest absolute Gasteiger partial charge is 0.497 e. The van der Waals surface area contributed by atoms with E-state index in [0.717, 1.165) is 46.0 Å². The molecular formula is C24H23N4O2P. The van der Waals surface area contributed by atoms with Crippen LogP contribution in [-0.2, 0) is 17.4 Å². The number of benzene rings is 2. The van der Waals surface area contributed by atoms with Gasteiger partial charge in [0.1, 0.15) is 16.7 Å². The molecule has 2 aromatic heterocycles. The van der Waals surface area contributed by atoms with Crippen LogP contribution in [0.5, 0.6) is 5.75 Å². The molecule has 0 bridgehead atoms. The van der Waals surface area contributed by atoms with Gasteiger partial charge in [0.05, 0.1) is 12.6 Å². The quantitative estimate of drug-likeness (QED) is 0.329. The Bertz CT molecular complexity index is 1330. The molecule has 6 nitrogen and oxygen atoms in total. The highest BCUT2D eigenvalue weighted by atomic mass is 31.1. The summed E-state index contributed by atoms with van der Waals surface area (Å²) < 4.78 is 16.2. The molecule has 4 aromatic rings. The second-order valence-corrected chi connectivity index (χ2v) is 8.17. The lowest BCUT2D eigenvalue weighted by molar-refractivity contribution is 0.414. The van der Waals surface area contributed by atoms with Crippen LogP contribution in [-0.4, -0.2) is 17.1 Å². The molecule has 7 heteroatoms. The van der Waals surface area contributed by atoms with Crippen LogP contribution in [0.2, 0.25) is 0 Å². The molecule has 4 N–H and O–H groups in total. The zero-order valence-electron chi connectivity index (χ0n) is 17.4. The fourth-order valence-electron chi connectivity index (χ4n) is 3.75. The molecule has 0 aliphatic heterocycles. The predicted octanol–water partition coefficient (Wildman–Crippen LogP) is 5.02. The molecular weight excluding hydrogens is 407 g/mol. The van der Waals surface area contributed by atoms with Crippen LogP contribution in [0.25, 0.3) is 27.9 Å². The van der Waals surface area contributed by atoms with Gasteiger partial charge < -0.3 is 16.2 Å². The van der Waals surface area contributed by atoms with Gasteiger partial charge in [0, 0.05) is 17.0 Å². The topological polar surface area (TPSA) is 104 Å². The summed E-state index contributed by atoms with van der Waals surface area (Å²) in [6, 6.07) is 14.1. The van der Waals surface area contributed by atoms with Crippen molar-refractivity contribution in [2.75, 3.05) is 12.8 Å². The summed E-state index contributed by atoms with van der Waals surface area (Å²) in [5.74, 6) is 1.25. The van der Waals surface area contributed by atoms with E-state index in [-0.39, 0.29) is 13.9 Å². The van der Waals surface area contributed by atoms with Crippen molar-refractivity contribution in [1.29, 1.82) is 0 Å². The highest BCUT2D eigenvalue weighted by molar-refractivity contribution is 7.29. The van der Waals surface area contributed by atoms with Gasteiger partial charge in [-0.2, -0.15) is 0 Å². The third-order valence-electron chi connectivity index (χ3n) is 5.39. The van der Waals surface area contributed by atoms with Crippen LogP contribution in [0.3, 0.4) is 0 Å². The molecule has 0 atom stereocenters. The van der Waals surface area contributed by atoms with E-state index >= 15 is 0 Å². The number of aryl methyl sites for hydroxylation is 3. The average molecular weight is 430 g/mol.